The summed E-state index contributed by atoms with van der Waals surface area (Å²) in [6, 6.07) is 0. The van der Waals surface area contributed by atoms with Crippen LogP contribution in [-0.4, -0.2) is 23.3 Å². The molecule has 0 saturated heterocycles. The lowest BCUT2D eigenvalue weighted by atomic mass is 9.45. The summed E-state index contributed by atoms with van der Waals surface area (Å²) in [6.07, 6.45) is 6.45. The number of aliphatic hydroxyl groups is 1. The van der Waals surface area contributed by atoms with Crippen molar-refractivity contribution < 1.29 is 14.6 Å². The maximum atomic E-state index is 11.0. The van der Waals surface area contributed by atoms with E-state index in [-0.39, 0.29) is 17.3 Å². The van der Waals surface area contributed by atoms with E-state index >= 15 is 0 Å². The summed E-state index contributed by atoms with van der Waals surface area (Å²) in [6.45, 7) is 11.0. The van der Waals surface area contributed by atoms with E-state index in [1.54, 1.807) is 0 Å². The molecular formula is C18H32O3. The molecule has 0 aliphatic heterocycles. The molecule has 0 aromatic rings. The molecule has 0 aromatic heterocycles. The fourth-order valence-electron chi connectivity index (χ4n) is 5.59. The zero-order valence-corrected chi connectivity index (χ0v) is 14.4. The van der Waals surface area contributed by atoms with E-state index in [4.69, 9.17) is 4.74 Å². The first-order valence-corrected chi connectivity index (χ1v) is 8.45. The van der Waals surface area contributed by atoms with Gasteiger partial charge in [0, 0.05) is 6.92 Å². The van der Waals surface area contributed by atoms with Crippen LogP contribution < -0.4 is 0 Å². The lowest BCUT2D eigenvalue weighted by molar-refractivity contribution is -0.175. The number of carbonyl (C=O) groups excluding carboxylic acids is 1. The number of fused-ring (bicyclic) bond motifs is 1. The summed E-state index contributed by atoms with van der Waals surface area (Å²) < 4.78 is 5.16. The van der Waals surface area contributed by atoms with E-state index in [0.29, 0.717) is 17.9 Å². The van der Waals surface area contributed by atoms with Crippen LogP contribution in [0, 0.1) is 22.7 Å². The van der Waals surface area contributed by atoms with Gasteiger partial charge in [-0.05, 0) is 61.7 Å². The summed E-state index contributed by atoms with van der Waals surface area (Å²) in [5.74, 6) is 0.639. The van der Waals surface area contributed by atoms with E-state index in [9.17, 15) is 9.90 Å². The van der Waals surface area contributed by atoms with E-state index in [1.807, 2.05) is 6.92 Å². The average molecular weight is 296 g/mol. The molecular weight excluding hydrogens is 264 g/mol. The molecule has 0 unspecified atom stereocenters. The molecule has 4 atom stereocenters. The fourth-order valence-corrected chi connectivity index (χ4v) is 5.59. The van der Waals surface area contributed by atoms with Gasteiger partial charge in [0.25, 0.3) is 0 Å². The third kappa shape index (κ3) is 3.13. The minimum absolute atomic E-state index is 0.156. The van der Waals surface area contributed by atoms with Crippen LogP contribution in [0.3, 0.4) is 0 Å². The predicted octanol–water partition coefficient (Wildman–Crippen LogP) is 3.93. The summed E-state index contributed by atoms with van der Waals surface area (Å²) in [5, 5.41) is 10.9. The third-order valence-corrected chi connectivity index (χ3v) is 6.47. The Hall–Kier alpha value is -0.570. The van der Waals surface area contributed by atoms with Crippen molar-refractivity contribution in [3.8, 4) is 0 Å². The molecule has 2 saturated carbocycles. The first-order chi connectivity index (χ1) is 9.59. The average Bonchev–Trinajstić information content (AvgIpc) is 2.31. The Morgan fingerprint density at radius 1 is 1.19 bits per heavy atom. The van der Waals surface area contributed by atoms with Gasteiger partial charge in [0.2, 0.25) is 0 Å². The largest absolute Gasteiger partial charge is 0.466 e. The van der Waals surface area contributed by atoms with E-state index < -0.39 is 5.60 Å². The van der Waals surface area contributed by atoms with Gasteiger partial charge in [0.15, 0.2) is 0 Å². The molecule has 3 heteroatoms. The summed E-state index contributed by atoms with van der Waals surface area (Å²) >= 11 is 0. The number of hydrogen-bond acceptors (Lipinski definition) is 3. The highest BCUT2D eigenvalue weighted by molar-refractivity contribution is 5.65. The number of esters is 1. The zero-order valence-electron chi connectivity index (χ0n) is 14.4. The zero-order chi connectivity index (χ0) is 15.9. The monoisotopic (exact) mass is 296 g/mol. The molecule has 122 valence electrons. The normalized spacial score (nSPS) is 42.2. The van der Waals surface area contributed by atoms with Crippen molar-refractivity contribution in [1.82, 2.24) is 0 Å². The molecule has 0 heterocycles. The number of hydrogen-bond donors (Lipinski definition) is 1. The summed E-state index contributed by atoms with van der Waals surface area (Å²) in [4.78, 5) is 11.0. The molecule has 2 aliphatic carbocycles. The van der Waals surface area contributed by atoms with Crippen molar-refractivity contribution in [2.75, 3.05) is 6.61 Å². The smallest absolute Gasteiger partial charge is 0.302 e. The van der Waals surface area contributed by atoms with Gasteiger partial charge in [-0.15, -0.1) is 0 Å². The maximum absolute atomic E-state index is 11.0. The molecule has 0 spiro atoms. The molecule has 0 amide bonds. The highest BCUT2D eigenvalue weighted by Gasteiger charge is 2.57. The van der Waals surface area contributed by atoms with Gasteiger partial charge in [-0.1, -0.05) is 27.2 Å². The van der Waals surface area contributed by atoms with E-state index in [0.717, 1.165) is 19.3 Å². The van der Waals surface area contributed by atoms with Crippen LogP contribution >= 0.6 is 0 Å². The Kier molecular flexibility index (Phi) is 4.45. The van der Waals surface area contributed by atoms with Gasteiger partial charge in [-0.25, -0.2) is 0 Å². The maximum Gasteiger partial charge on any atom is 0.302 e. The van der Waals surface area contributed by atoms with Crippen LogP contribution in [0.25, 0.3) is 0 Å². The SMILES string of the molecule is CC(=O)OCC[C@@H]1[C@]2(C)CCCC(C)(C)[C@@H]2CC[C@@]1(C)O. The van der Waals surface area contributed by atoms with Crippen LogP contribution in [0.4, 0.5) is 0 Å². The van der Waals surface area contributed by atoms with Crippen molar-refractivity contribution in [2.24, 2.45) is 22.7 Å². The van der Waals surface area contributed by atoms with Crippen molar-refractivity contribution in [3.63, 3.8) is 0 Å². The fraction of sp³-hybridized carbons (Fsp3) is 0.944. The molecule has 2 aliphatic rings. The van der Waals surface area contributed by atoms with Gasteiger partial charge in [-0.3, -0.25) is 4.79 Å². The Morgan fingerprint density at radius 2 is 1.86 bits per heavy atom. The van der Waals surface area contributed by atoms with Gasteiger partial charge in [0.05, 0.1) is 12.2 Å². The van der Waals surface area contributed by atoms with Gasteiger partial charge < -0.3 is 9.84 Å². The van der Waals surface area contributed by atoms with E-state index in [1.165, 1.54) is 26.2 Å². The Bertz CT molecular complexity index is 399. The van der Waals surface area contributed by atoms with Gasteiger partial charge in [0.1, 0.15) is 0 Å². The lowest BCUT2D eigenvalue weighted by Crippen LogP contribution is -2.57. The predicted molar refractivity (Wildman–Crippen MR) is 83.8 cm³/mol. The van der Waals surface area contributed by atoms with Crippen molar-refractivity contribution in [1.29, 1.82) is 0 Å². The first kappa shape index (κ1) is 16.8. The summed E-state index contributed by atoms with van der Waals surface area (Å²) in [7, 11) is 0. The van der Waals surface area contributed by atoms with Crippen LogP contribution in [-0.2, 0) is 9.53 Å². The van der Waals surface area contributed by atoms with Gasteiger partial charge >= 0.3 is 5.97 Å². The standard InChI is InChI=1S/C18H32O3/c1-13(19)21-12-8-15-17(4)10-6-9-16(2,3)14(17)7-11-18(15,5)20/h14-15,20H,6-12H2,1-5H3/t14-,15+,17+,18+/m0/s1. The Labute approximate surface area is 129 Å². The first-order valence-electron chi connectivity index (χ1n) is 8.45. The van der Waals surface area contributed by atoms with Crippen molar-refractivity contribution >= 4 is 5.97 Å². The lowest BCUT2D eigenvalue weighted by Gasteiger charge is -2.61. The molecule has 2 rings (SSSR count). The molecule has 21 heavy (non-hydrogen) atoms. The molecule has 0 bridgehead atoms. The van der Waals surface area contributed by atoms with Crippen LogP contribution in [0.15, 0.2) is 0 Å². The van der Waals surface area contributed by atoms with Crippen LogP contribution in [0.2, 0.25) is 0 Å². The minimum atomic E-state index is -0.640. The second-order valence-electron chi connectivity index (χ2n) is 8.48. The highest BCUT2D eigenvalue weighted by atomic mass is 16.5. The van der Waals surface area contributed by atoms with E-state index in [2.05, 4.69) is 20.8 Å². The summed E-state index contributed by atoms with van der Waals surface area (Å²) in [5.41, 5.74) is -0.133. The molecule has 0 radical (unpaired) electrons. The quantitative estimate of drug-likeness (QED) is 0.803. The second kappa shape index (κ2) is 5.57. The number of ether oxygens (including phenoxy) is 1. The number of carbonyl (C=O) groups is 1. The third-order valence-electron chi connectivity index (χ3n) is 6.47. The molecule has 1 N–H and O–H groups in total. The Morgan fingerprint density at radius 3 is 2.48 bits per heavy atom. The molecule has 3 nitrogen and oxygen atoms in total. The molecule has 0 aromatic carbocycles. The number of rotatable bonds is 3. The topological polar surface area (TPSA) is 46.5 Å². The van der Waals surface area contributed by atoms with Crippen molar-refractivity contribution in [2.45, 2.75) is 78.7 Å². The highest BCUT2D eigenvalue weighted by Crippen LogP contribution is 2.62. The Balaban J connectivity index is 2.22. The van der Waals surface area contributed by atoms with Gasteiger partial charge in [-0.2, -0.15) is 0 Å². The minimum Gasteiger partial charge on any atom is -0.466 e. The molecule has 2 fully saturated rings. The van der Waals surface area contributed by atoms with Crippen molar-refractivity contribution in [3.05, 3.63) is 0 Å². The van der Waals surface area contributed by atoms with Crippen LogP contribution in [0.5, 0.6) is 0 Å². The second-order valence-corrected chi connectivity index (χ2v) is 8.48. The van der Waals surface area contributed by atoms with Crippen LogP contribution in [0.1, 0.15) is 73.1 Å².